The number of carbonyl (C=O) groups excluding carboxylic acids is 2. The highest BCUT2D eigenvalue weighted by molar-refractivity contribution is 8.00. The molecule has 1 rings (SSSR count). The van der Waals surface area contributed by atoms with Crippen LogP contribution < -0.4 is 10.1 Å². The van der Waals surface area contributed by atoms with E-state index in [1.807, 2.05) is 13.8 Å². The summed E-state index contributed by atoms with van der Waals surface area (Å²) in [6.45, 7) is 6.00. The topological polar surface area (TPSA) is 102 Å². The molecule has 1 aromatic rings. The molecule has 8 heteroatoms. The number of benzene rings is 1. The number of amides is 1. The van der Waals surface area contributed by atoms with Crippen molar-refractivity contribution in [3.63, 3.8) is 0 Å². The lowest BCUT2D eigenvalue weighted by Gasteiger charge is -2.22. The lowest BCUT2D eigenvalue weighted by Crippen LogP contribution is -2.47. The van der Waals surface area contributed by atoms with Crippen molar-refractivity contribution in [2.45, 2.75) is 90.0 Å². The fourth-order valence-corrected chi connectivity index (χ4v) is 4.95. The van der Waals surface area contributed by atoms with Gasteiger partial charge in [-0.2, -0.15) is 0 Å². The van der Waals surface area contributed by atoms with Crippen LogP contribution in [0.3, 0.4) is 0 Å². The third-order valence-electron chi connectivity index (χ3n) is 6.26. The number of nitrogens with one attached hydrogen (secondary N) is 1. The first-order valence-corrected chi connectivity index (χ1v) is 16.6. The van der Waals surface area contributed by atoms with Crippen molar-refractivity contribution >= 4 is 29.6 Å². The number of hydrogen-bond donors (Lipinski definition) is 2. The van der Waals surface area contributed by atoms with Crippen LogP contribution in [0.4, 0.5) is 0 Å². The van der Waals surface area contributed by atoms with Gasteiger partial charge < -0.3 is 19.9 Å². The molecule has 0 radical (unpaired) electrons. The molecule has 2 atom stereocenters. The lowest BCUT2D eigenvalue weighted by atomic mass is 10.0. The number of thioether (sulfide) groups is 1. The Balaban J connectivity index is 2.35. The second-order valence-corrected chi connectivity index (χ2v) is 11.7. The Bertz CT molecular complexity index is 1120. The Hall–Kier alpha value is -3.36. The molecular formula is C36H51NO6S. The van der Waals surface area contributed by atoms with Gasteiger partial charge >= 0.3 is 11.9 Å². The first-order valence-electron chi connectivity index (χ1n) is 15.5. The minimum Gasteiger partial charge on any atom is -0.478 e. The van der Waals surface area contributed by atoms with Crippen molar-refractivity contribution in [1.29, 1.82) is 0 Å². The van der Waals surface area contributed by atoms with Gasteiger partial charge in [-0.1, -0.05) is 93.7 Å². The van der Waals surface area contributed by atoms with E-state index in [-0.39, 0.29) is 17.2 Å². The molecule has 0 heterocycles. The zero-order chi connectivity index (χ0) is 32.4. The van der Waals surface area contributed by atoms with Crippen LogP contribution in [0.25, 0.3) is 0 Å². The normalized spacial score (nSPS) is 13.6. The van der Waals surface area contributed by atoms with Gasteiger partial charge in [-0.05, 0) is 81.6 Å². The van der Waals surface area contributed by atoms with Crippen LogP contribution in [-0.2, 0) is 14.3 Å². The first kappa shape index (κ1) is 38.7. The number of allylic oxidation sites excluding steroid dienone is 10. The number of unbranched alkanes of at least 4 members (excludes halogenated alkanes) is 2. The number of carboxylic acid groups (broad SMARTS) is 1. The minimum atomic E-state index is -1.20. The van der Waals surface area contributed by atoms with E-state index in [2.05, 4.69) is 73.0 Å². The molecule has 0 spiro atoms. The van der Waals surface area contributed by atoms with Gasteiger partial charge in [0.05, 0.1) is 0 Å². The van der Waals surface area contributed by atoms with Gasteiger partial charge in [-0.25, -0.2) is 9.59 Å². The van der Waals surface area contributed by atoms with Crippen molar-refractivity contribution < 1.29 is 29.0 Å². The van der Waals surface area contributed by atoms with Crippen LogP contribution >= 0.6 is 11.8 Å². The molecule has 0 aromatic heterocycles. The molecule has 7 nitrogen and oxygen atoms in total. The van der Waals surface area contributed by atoms with Gasteiger partial charge in [0.25, 0.3) is 5.91 Å². The summed E-state index contributed by atoms with van der Waals surface area (Å²) >= 11 is 1.39. The van der Waals surface area contributed by atoms with Crippen molar-refractivity contribution in [1.82, 2.24) is 5.32 Å². The molecule has 1 amide bonds. The molecule has 0 aliphatic heterocycles. The van der Waals surface area contributed by atoms with Crippen LogP contribution in [0, 0.1) is 5.92 Å². The van der Waals surface area contributed by atoms with E-state index in [0.29, 0.717) is 6.42 Å². The molecule has 0 aliphatic carbocycles. The number of para-hydroxylation sites is 1. The van der Waals surface area contributed by atoms with E-state index < -0.39 is 29.3 Å². The second-order valence-electron chi connectivity index (χ2n) is 10.6. The highest BCUT2D eigenvalue weighted by atomic mass is 32.2. The number of methoxy groups -OCH3 is 1. The number of hydrogen-bond acceptors (Lipinski definition) is 6. The molecule has 0 fully saturated rings. The Labute approximate surface area is 268 Å². The van der Waals surface area contributed by atoms with E-state index >= 15 is 0 Å². The molecule has 0 saturated carbocycles. The van der Waals surface area contributed by atoms with Crippen LogP contribution in [0.2, 0.25) is 0 Å². The van der Waals surface area contributed by atoms with E-state index in [0.717, 1.165) is 57.1 Å². The first-order chi connectivity index (χ1) is 21.3. The molecule has 44 heavy (non-hydrogen) atoms. The summed E-state index contributed by atoms with van der Waals surface area (Å²) in [6, 6.07) is 4.99. The van der Waals surface area contributed by atoms with Gasteiger partial charge in [-0.3, -0.25) is 4.79 Å². The lowest BCUT2D eigenvalue weighted by molar-refractivity contribution is -0.141. The highest BCUT2D eigenvalue weighted by Gasteiger charge is 2.28. The number of carbonyl (C=O) groups is 3. The molecule has 0 bridgehead atoms. The number of aromatic carboxylic acids is 1. The molecule has 0 aliphatic rings. The summed E-state index contributed by atoms with van der Waals surface area (Å²) in [7, 11) is 1.46. The van der Waals surface area contributed by atoms with Crippen molar-refractivity contribution in [2.75, 3.05) is 12.9 Å². The van der Waals surface area contributed by atoms with Gasteiger partial charge in [0.15, 0.2) is 5.44 Å². The third-order valence-corrected chi connectivity index (χ3v) is 7.49. The van der Waals surface area contributed by atoms with Crippen molar-refractivity contribution in [2.24, 2.45) is 5.92 Å². The van der Waals surface area contributed by atoms with Gasteiger partial charge in [0.1, 0.15) is 17.4 Å². The molecule has 2 unspecified atom stereocenters. The van der Waals surface area contributed by atoms with Crippen molar-refractivity contribution in [3.8, 4) is 5.75 Å². The highest BCUT2D eigenvalue weighted by Crippen LogP contribution is 2.20. The SMILES string of the molecule is CCC=CCC=CCC=CCC=CCC=CCCCCSC(OC)C(=O)NC(CC(C)C)C(=O)Oc1ccccc1C(=O)O. The molecular weight excluding hydrogens is 574 g/mol. The smallest absolute Gasteiger partial charge is 0.339 e. The number of rotatable bonds is 23. The third kappa shape index (κ3) is 18.3. The summed E-state index contributed by atoms with van der Waals surface area (Å²) in [5.74, 6) is -1.55. The van der Waals surface area contributed by atoms with E-state index in [1.54, 1.807) is 12.1 Å². The minimum absolute atomic E-state index is 0.0572. The molecule has 0 saturated heterocycles. The average molecular weight is 626 g/mol. The van der Waals surface area contributed by atoms with E-state index in [9.17, 15) is 19.5 Å². The maximum atomic E-state index is 12.9. The van der Waals surface area contributed by atoms with Gasteiger partial charge in [0, 0.05) is 7.11 Å². The Kier molecular flexibility index (Phi) is 22.0. The zero-order valence-electron chi connectivity index (χ0n) is 26.8. The summed E-state index contributed by atoms with van der Waals surface area (Å²) in [6.07, 6.45) is 30.0. The maximum absolute atomic E-state index is 12.9. The summed E-state index contributed by atoms with van der Waals surface area (Å²) in [5.41, 5.74) is -0.886. The van der Waals surface area contributed by atoms with Gasteiger partial charge in [0.2, 0.25) is 0 Å². The van der Waals surface area contributed by atoms with Crippen molar-refractivity contribution in [3.05, 3.63) is 90.6 Å². The number of esters is 1. The monoisotopic (exact) mass is 625 g/mol. The molecule has 2 N–H and O–H groups in total. The fourth-order valence-electron chi connectivity index (χ4n) is 4.01. The number of carboxylic acids is 1. The van der Waals surface area contributed by atoms with Crippen LogP contribution in [0.1, 0.15) is 88.9 Å². The predicted molar refractivity (Wildman–Crippen MR) is 182 cm³/mol. The number of ether oxygens (including phenoxy) is 2. The summed E-state index contributed by atoms with van der Waals surface area (Å²) in [4.78, 5) is 37.3. The van der Waals surface area contributed by atoms with Crippen LogP contribution in [0.15, 0.2) is 85.0 Å². The maximum Gasteiger partial charge on any atom is 0.339 e. The summed E-state index contributed by atoms with van der Waals surface area (Å²) < 4.78 is 10.8. The van der Waals surface area contributed by atoms with E-state index in [1.165, 1.54) is 31.0 Å². The second kappa shape index (κ2) is 25.0. The predicted octanol–water partition coefficient (Wildman–Crippen LogP) is 8.45. The Morgan fingerprint density at radius 3 is 1.98 bits per heavy atom. The Morgan fingerprint density at radius 1 is 0.864 bits per heavy atom. The van der Waals surface area contributed by atoms with Gasteiger partial charge in [-0.15, -0.1) is 11.8 Å². The standard InChI is InChI=1S/C36H51NO6S/c1-5-6-7-8-9-10-11-12-13-14-15-16-17-18-19-20-21-24-27-44-36(42-4)33(38)37-31(28-29(2)3)35(41)43-32-26-23-22-25-30(32)34(39)40/h6-7,9-10,12-13,15-16,18-19,22-23,25-26,29,31,36H,5,8,11,14,17,20-21,24,27-28H2,1-4H3,(H,37,38)(H,39,40). The largest absolute Gasteiger partial charge is 0.478 e. The molecule has 242 valence electrons. The van der Waals surface area contributed by atoms with Crippen LogP contribution in [0.5, 0.6) is 5.75 Å². The molecule has 1 aromatic carbocycles. The quantitative estimate of drug-likeness (QED) is 0.0414. The zero-order valence-corrected chi connectivity index (χ0v) is 27.6. The average Bonchev–Trinajstić information content (AvgIpc) is 2.99. The fraction of sp³-hybridized carbons (Fsp3) is 0.472. The van der Waals surface area contributed by atoms with Crippen LogP contribution in [-0.4, -0.2) is 47.3 Å². The Morgan fingerprint density at radius 2 is 1.43 bits per heavy atom. The summed E-state index contributed by atoms with van der Waals surface area (Å²) in [5, 5.41) is 12.1. The van der Waals surface area contributed by atoms with E-state index in [4.69, 9.17) is 9.47 Å².